The molecule has 390 valence electrons. The van der Waals surface area contributed by atoms with Gasteiger partial charge in [0.15, 0.2) is 11.6 Å². The number of hydrogen-bond donors (Lipinski definition) is 4. The quantitative estimate of drug-likeness (QED) is 0.119. The van der Waals surface area contributed by atoms with Crippen LogP contribution in [0, 0.1) is 35.5 Å². The zero-order valence-corrected chi connectivity index (χ0v) is 43.5. The summed E-state index contributed by atoms with van der Waals surface area (Å²) in [5.74, 6) is -8.38. The number of cyclic esters (lactones) is 1. The van der Waals surface area contributed by atoms with E-state index in [4.69, 9.17) is 39.2 Å². The molecule has 3 fully saturated rings. The fourth-order valence-electron chi connectivity index (χ4n) is 10.5. The van der Waals surface area contributed by atoms with E-state index in [2.05, 4.69) is 0 Å². The van der Waals surface area contributed by atoms with Crippen LogP contribution in [0.4, 0.5) is 0 Å². The molecule has 17 nitrogen and oxygen atoms in total. The minimum Gasteiger partial charge on any atom is -0.460 e. The number of fused-ring (bicyclic) bond motifs is 3. The highest BCUT2D eigenvalue weighted by Crippen LogP contribution is 2.41. The van der Waals surface area contributed by atoms with Gasteiger partial charge in [0, 0.05) is 58.5 Å². The van der Waals surface area contributed by atoms with Gasteiger partial charge in [0.05, 0.1) is 30.5 Å². The van der Waals surface area contributed by atoms with E-state index in [1.54, 1.807) is 40.9 Å². The molecule has 6 N–H and O–H groups in total. The van der Waals surface area contributed by atoms with Crippen molar-refractivity contribution >= 4 is 36.9 Å². The van der Waals surface area contributed by atoms with Crippen molar-refractivity contribution in [2.45, 2.75) is 180 Å². The predicted molar refractivity (Wildman–Crippen MR) is 260 cm³/mol. The topological polar surface area (TPSA) is 254 Å². The van der Waals surface area contributed by atoms with E-state index in [-0.39, 0.29) is 48.4 Å². The number of allylic oxidation sites excluding steroid dienone is 6. The van der Waals surface area contributed by atoms with Gasteiger partial charge in [-0.15, -0.1) is 0 Å². The molecular formula is C51H82N3O14P. The lowest BCUT2D eigenvalue weighted by atomic mass is 9.78. The molecule has 3 heterocycles. The van der Waals surface area contributed by atoms with Crippen LogP contribution in [-0.2, 0) is 56.7 Å². The number of nitrogens with zero attached hydrogens (tertiary/aromatic N) is 1. The van der Waals surface area contributed by atoms with Crippen LogP contribution < -0.4 is 11.0 Å². The molecule has 0 aromatic heterocycles. The van der Waals surface area contributed by atoms with Crippen molar-refractivity contribution in [2.24, 2.45) is 46.5 Å². The number of piperidine rings is 1. The molecule has 0 spiro atoms. The number of nitrogens with two attached hydrogens (primary N) is 2. The summed E-state index contributed by atoms with van der Waals surface area (Å²) in [6.07, 6.45) is 10.3. The summed E-state index contributed by atoms with van der Waals surface area (Å²) >= 11 is 0. The maximum atomic E-state index is 14.5. The number of amides is 1. The van der Waals surface area contributed by atoms with E-state index in [9.17, 15) is 38.8 Å². The van der Waals surface area contributed by atoms with Crippen LogP contribution in [0.15, 0.2) is 47.6 Å². The van der Waals surface area contributed by atoms with Crippen LogP contribution in [-0.4, -0.2) is 127 Å². The second-order valence-corrected chi connectivity index (χ2v) is 21.8. The first-order chi connectivity index (χ1) is 32.4. The second-order valence-electron chi connectivity index (χ2n) is 20.3. The maximum Gasteiger partial charge on any atom is 0.335 e. The molecule has 4 aliphatic rings. The summed E-state index contributed by atoms with van der Waals surface area (Å²) < 4.78 is 47.1. The SMILES string of the molecule is CO[C@H]1C[C@@H]2CC[C@@H](C)[C@@](O)(O2)C(=O)C(=O)N2CCCC[C@H]2C(=O)OC([C@H](C)CC2CC[C@@H](OP(N)(N)=O)[C@H](OC)C2)CC(=O)C(C)=CC(C)[C@@H](O)[C@@H](OC)C(=O)[C@H](C)C[C@H](C)C=CC=CC=C1C. The van der Waals surface area contributed by atoms with Gasteiger partial charge in [-0.05, 0) is 107 Å². The molecular weight excluding hydrogens is 910 g/mol. The number of Topliss-reactive ketones (excluding diaryl/α,β-unsaturated/α-hetero) is 3. The van der Waals surface area contributed by atoms with Gasteiger partial charge in [0.1, 0.15) is 18.2 Å². The number of hydrogen-bond acceptors (Lipinski definition) is 14. The van der Waals surface area contributed by atoms with Crippen LogP contribution >= 0.6 is 7.67 Å². The number of esters is 1. The molecule has 1 aliphatic carbocycles. The van der Waals surface area contributed by atoms with Gasteiger partial charge in [-0.1, -0.05) is 71.1 Å². The van der Waals surface area contributed by atoms with E-state index in [0.717, 1.165) is 5.57 Å². The maximum absolute atomic E-state index is 14.5. The van der Waals surface area contributed by atoms with Crippen molar-refractivity contribution in [3.8, 4) is 0 Å². The number of carbonyl (C=O) groups is 5. The lowest BCUT2D eigenvalue weighted by molar-refractivity contribution is -0.265. The van der Waals surface area contributed by atoms with Crippen molar-refractivity contribution in [3.05, 3.63) is 47.6 Å². The molecule has 1 saturated carbocycles. The van der Waals surface area contributed by atoms with Gasteiger partial charge in [-0.2, -0.15) is 0 Å². The van der Waals surface area contributed by atoms with Crippen LogP contribution in [0.5, 0.6) is 0 Å². The molecule has 0 radical (unpaired) electrons. The monoisotopic (exact) mass is 992 g/mol. The van der Waals surface area contributed by atoms with Crippen LogP contribution in [0.3, 0.4) is 0 Å². The second kappa shape index (κ2) is 26.5. The Hall–Kier alpha value is -3.22. The van der Waals surface area contributed by atoms with Gasteiger partial charge < -0.3 is 43.3 Å². The average Bonchev–Trinajstić information content (AvgIpc) is 3.30. The smallest absolute Gasteiger partial charge is 0.335 e. The van der Waals surface area contributed by atoms with Crippen LogP contribution in [0.1, 0.15) is 126 Å². The molecule has 0 aromatic rings. The third-order valence-corrected chi connectivity index (χ3v) is 15.4. The van der Waals surface area contributed by atoms with Gasteiger partial charge in [-0.3, -0.25) is 23.7 Å². The van der Waals surface area contributed by atoms with E-state index >= 15 is 0 Å². The highest BCUT2D eigenvalue weighted by atomic mass is 31.2. The molecule has 1 amide bonds. The molecule has 18 heteroatoms. The first kappa shape index (κ1) is 58.4. The molecule has 4 rings (SSSR count). The lowest BCUT2D eigenvalue weighted by Crippen LogP contribution is -2.61. The molecule has 2 saturated heterocycles. The zero-order valence-electron chi connectivity index (χ0n) is 42.6. The fraction of sp³-hybridized carbons (Fsp3) is 0.745. The zero-order chi connectivity index (χ0) is 51.4. The van der Waals surface area contributed by atoms with Crippen molar-refractivity contribution in [1.29, 1.82) is 0 Å². The Bertz CT molecular complexity index is 1950. The van der Waals surface area contributed by atoms with Crippen LogP contribution in [0.2, 0.25) is 0 Å². The predicted octanol–water partition coefficient (Wildman–Crippen LogP) is 6.23. The lowest BCUT2D eigenvalue weighted by Gasteiger charge is -2.42. The molecule has 15 atom stereocenters. The van der Waals surface area contributed by atoms with Crippen LogP contribution in [0.25, 0.3) is 0 Å². The summed E-state index contributed by atoms with van der Waals surface area (Å²) in [4.78, 5) is 72.1. The Labute approximate surface area is 409 Å². The number of carbonyl (C=O) groups excluding carboxylic acids is 5. The van der Waals surface area contributed by atoms with Crippen molar-refractivity contribution < 1.29 is 67.0 Å². The number of aliphatic hydroxyl groups excluding tert-OH is 1. The Morgan fingerprint density at radius 2 is 1.59 bits per heavy atom. The largest absolute Gasteiger partial charge is 0.460 e. The summed E-state index contributed by atoms with van der Waals surface area (Å²) in [7, 11) is 0.664. The number of ether oxygens (including phenoxy) is 5. The number of aliphatic hydroxyl groups is 2. The first-order valence-corrected chi connectivity index (χ1v) is 26.6. The molecule has 3 unspecified atom stereocenters. The molecule has 69 heavy (non-hydrogen) atoms. The summed E-state index contributed by atoms with van der Waals surface area (Å²) in [5, 5.41) is 23.5. The fourth-order valence-corrected chi connectivity index (χ4v) is 11.1. The van der Waals surface area contributed by atoms with Crippen molar-refractivity contribution in [1.82, 2.24) is 4.90 Å². The molecule has 3 aliphatic heterocycles. The highest BCUT2D eigenvalue weighted by molar-refractivity contribution is 7.53. The van der Waals surface area contributed by atoms with E-state index in [1.807, 2.05) is 51.2 Å². The summed E-state index contributed by atoms with van der Waals surface area (Å²) in [5.41, 5.74) is 12.2. The minimum absolute atomic E-state index is 0.00300. The van der Waals surface area contributed by atoms with Gasteiger partial charge >= 0.3 is 13.6 Å². The van der Waals surface area contributed by atoms with Gasteiger partial charge in [0.2, 0.25) is 5.79 Å². The standard InChI is InChI=1S/C51H82N3O14P/c1-30-16-12-11-13-17-31(2)42(63-8)28-38-21-19-36(7)51(61,67-38)48(58)49(59)54-23-15-14-18-39(54)50(60)66-43(33(4)26-37-20-22-41(44(27-37)64-9)68-69(52,53)62)29-40(55)32(3)25-35(6)46(57)47(65-10)45(56)34(5)24-30/h11-13,16-17,25,30,33-39,41-44,46-47,57,61H,14-15,18-24,26-29H2,1-10H3,(H4,52,53,62)/t30-,33-,34-,35?,36-,37?,38+,39+,41-,42+,43?,44-,46-,47+,51-/m1/s1. The Morgan fingerprint density at radius 3 is 2.25 bits per heavy atom. The van der Waals surface area contributed by atoms with E-state index < -0.39 is 104 Å². The van der Waals surface area contributed by atoms with E-state index in [0.29, 0.717) is 64.2 Å². The first-order valence-electron chi connectivity index (χ1n) is 24.8. The number of rotatable bonds is 8. The summed E-state index contributed by atoms with van der Waals surface area (Å²) in [6.45, 7) is 12.6. The third-order valence-electron chi connectivity index (χ3n) is 14.8. The van der Waals surface area contributed by atoms with Crippen molar-refractivity contribution in [3.63, 3.8) is 0 Å². The van der Waals surface area contributed by atoms with Gasteiger partial charge in [0.25, 0.3) is 11.7 Å². The number of ketones is 3. The highest BCUT2D eigenvalue weighted by Gasteiger charge is 2.53. The average molecular weight is 992 g/mol. The minimum atomic E-state index is -3.79. The number of methoxy groups -OCH3 is 3. The van der Waals surface area contributed by atoms with E-state index in [1.165, 1.54) is 19.1 Å². The third kappa shape index (κ3) is 16.1. The Balaban J connectivity index is 1.70. The normalized spacial score (nSPS) is 36.6. The Morgan fingerprint density at radius 1 is 0.884 bits per heavy atom. The van der Waals surface area contributed by atoms with Crippen molar-refractivity contribution in [2.75, 3.05) is 27.9 Å². The summed E-state index contributed by atoms with van der Waals surface area (Å²) in [6, 6.07) is -1.18. The molecule has 2 bridgehead atoms. The Kier molecular flexibility index (Phi) is 22.4. The molecule has 0 aromatic carbocycles. The van der Waals surface area contributed by atoms with Gasteiger partial charge in [-0.25, -0.2) is 15.8 Å².